The molecule has 1 heterocycles. The average Bonchev–Trinajstić information content (AvgIpc) is 2.76. The summed E-state index contributed by atoms with van der Waals surface area (Å²) in [6, 6.07) is 0. The van der Waals surface area contributed by atoms with Crippen LogP contribution in [0.25, 0.3) is 0 Å². The summed E-state index contributed by atoms with van der Waals surface area (Å²) in [6.07, 6.45) is 2.70. The highest BCUT2D eigenvalue weighted by Crippen LogP contribution is 2.60. The fourth-order valence-electron chi connectivity index (χ4n) is 3.35. The van der Waals surface area contributed by atoms with Crippen molar-refractivity contribution in [2.75, 3.05) is 13.1 Å². The predicted molar refractivity (Wildman–Crippen MR) is 70.0 cm³/mol. The molecule has 0 aromatic carbocycles. The molecule has 0 amide bonds. The summed E-state index contributed by atoms with van der Waals surface area (Å²) >= 11 is 0. The van der Waals surface area contributed by atoms with Crippen LogP contribution in [0.4, 0.5) is 4.39 Å². The van der Waals surface area contributed by atoms with Crippen molar-refractivity contribution in [2.24, 2.45) is 23.2 Å². The van der Waals surface area contributed by atoms with Crippen LogP contribution in [0.15, 0.2) is 36.8 Å². The molecule has 1 saturated carbocycles. The van der Waals surface area contributed by atoms with E-state index in [1.54, 1.807) is 0 Å². The van der Waals surface area contributed by atoms with Gasteiger partial charge in [-0.3, -0.25) is 0 Å². The second kappa shape index (κ2) is 4.01. The molecule has 1 aliphatic carbocycles. The number of piperidine rings is 1. The zero-order chi connectivity index (χ0) is 12.8. The lowest BCUT2D eigenvalue weighted by Gasteiger charge is -2.27. The van der Waals surface area contributed by atoms with Crippen molar-refractivity contribution in [3.05, 3.63) is 36.8 Å². The quantitative estimate of drug-likeness (QED) is 0.673. The summed E-state index contributed by atoms with van der Waals surface area (Å²) in [5, 5.41) is 0. The lowest BCUT2D eigenvalue weighted by molar-refractivity contribution is 0.257. The Morgan fingerprint density at radius 3 is 2.24 bits per heavy atom. The van der Waals surface area contributed by atoms with E-state index in [1.165, 1.54) is 12.2 Å². The molecule has 0 spiro atoms. The first kappa shape index (κ1) is 12.4. The minimum Gasteiger partial charge on any atom is -0.371 e. The van der Waals surface area contributed by atoms with E-state index in [-0.39, 0.29) is 5.83 Å². The smallest absolute Gasteiger partial charge is 0.124 e. The first-order valence-electron chi connectivity index (χ1n) is 6.28. The molecular weight excluding hydrogens is 213 g/mol. The van der Waals surface area contributed by atoms with Crippen LogP contribution in [0.5, 0.6) is 0 Å². The lowest BCUT2D eigenvalue weighted by Crippen LogP contribution is -2.26. The van der Waals surface area contributed by atoms with Gasteiger partial charge in [0.05, 0.1) is 0 Å². The van der Waals surface area contributed by atoms with Crippen LogP contribution in [0.2, 0.25) is 0 Å². The van der Waals surface area contributed by atoms with Crippen molar-refractivity contribution in [1.82, 2.24) is 4.90 Å². The summed E-state index contributed by atoms with van der Waals surface area (Å²) in [4.78, 5) is 2.20. The number of halogens is 1. The van der Waals surface area contributed by atoms with Crippen LogP contribution in [0, 0.1) is 23.2 Å². The Hall–Kier alpha value is -1.05. The van der Waals surface area contributed by atoms with Gasteiger partial charge in [0, 0.05) is 18.8 Å². The van der Waals surface area contributed by atoms with Gasteiger partial charge >= 0.3 is 0 Å². The van der Waals surface area contributed by atoms with E-state index in [9.17, 15) is 4.39 Å². The molecule has 0 aromatic heterocycles. The summed E-state index contributed by atoms with van der Waals surface area (Å²) in [5.74, 6) is 2.10. The molecule has 2 unspecified atom stereocenters. The molecule has 94 valence electrons. The highest BCUT2D eigenvalue weighted by Gasteiger charge is 2.59. The summed E-state index contributed by atoms with van der Waals surface area (Å²) < 4.78 is 13.1. The molecule has 1 nitrogen and oxygen atoms in total. The average molecular weight is 235 g/mol. The number of rotatable bonds is 3. The van der Waals surface area contributed by atoms with E-state index in [4.69, 9.17) is 0 Å². The molecule has 0 N–H and O–H groups in total. The molecule has 2 atom stereocenters. The van der Waals surface area contributed by atoms with Crippen LogP contribution in [-0.4, -0.2) is 18.0 Å². The Labute approximate surface area is 104 Å². The maximum Gasteiger partial charge on any atom is 0.124 e. The standard InChI is InChI=1S/C15H22FN/c1-6-11(16)7-10(2)17-8-12-13(9-17)14(12)15(3,4)5/h6-7,12-14H,1-2,8-9H2,3-5H3/b11-7+. The van der Waals surface area contributed by atoms with Crippen molar-refractivity contribution in [3.8, 4) is 0 Å². The fourth-order valence-corrected chi connectivity index (χ4v) is 3.35. The van der Waals surface area contributed by atoms with Gasteiger partial charge in [-0.05, 0) is 35.3 Å². The normalized spacial score (nSPS) is 32.4. The Kier molecular flexibility index (Phi) is 2.92. The van der Waals surface area contributed by atoms with Crippen molar-refractivity contribution in [2.45, 2.75) is 20.8 Å². The number of allylic oxidation sites excluding steroid dienone is 3. The van der Waals surface area contributed by atoms with Crippen LogP contribution in [-0.2, 0) is 0 Å². The Balaban J connectivity index is 1.92. The van der Waals surface area contributed by atoms with Crippen LogP contribution >= 0.6 is 0 Å². The minimum atomic E-state index is -0.303. The van der Waals surface area contributed by atoms with Crippen LogP contribution < -0.4 is 0 Å². The summed E-state index contributed by atoms with van der Waals surface area (Å²) in [7, 11) is 0. The third kappa shape index (κ3) is 2.31. The molecule has 0 bridgehead atoms. The number of nitrogens with zero attached hydrogens (tertiary/aromatic N) is 1. The van der Waals surface area contributed by atoms with Gasteiger partial charge in [-0.25, -0.2) is 4.39 Å². The maximum atomic E-state index is 13.1. The molecular formula is C15H22FN. The Morgan fingerprint density at radius 1 is 1.29 bits per heavy atom. The summed E-state index contributed by atoms with van der Waals surface area (Å²) in [6.45, 7) is 16.3. The number of hydrogen-bond acceptors (Lipinski definition) is 1. The van der Waals surface area contributed by atoms with E-state index >= 15 is 0 Å². The molecule has 2 heteroatoms. The van der Waals surface area contributed by atoms with Gasteiger partial charge in [0.15, 0.2) is 0 Å². The number of likely N-dealkylation sites (tertiary alicyclic amines) is 1. The lowest BCUT2D eigenvalue weighted by atomic mass is 9.87. The first-order chi connectivity index (χ1) is 7.84. The van der Waals surface area contributed by atoms with Crippen molar-refractivity contribution < 1.29 is 4.39 Å². The largest absolute Gasteiger partial charge is 0.371 e. The van der Waals surface area contributed by atoms with Gasteiger partial charge in [-0.2, -0.15) is 0 Å². The van der Waals surface area contributed by atoms with E-state index in [2.05, 4.69) is 38.8 Å². The minimum absolute atomic E-state index is 0.303. The van der Waals surface area contributed by atoms with Gasteiger partial charge in [-0.1, -0.05) is 33.9 Å². The molecule has 1 saturated heterocycles. The number of fused-ring (bicyclic) bond motifs is 1. The van der Waals surface area contributed by atoms with Gasteiger partial charge < -0.3 is 4.90 Å². The zero-order valence-electron chi connectivity index (χ0n) is 11.0. The first-order valence-corrected chi connectivity index (χ1v) is 6.28. The molecule has 0 aromatic rings. The van der Waals surface area contributed by atoms with Crippen LogP contribution in [0.3, 0.4) is 0 Å². The molecule has 17 heavy (non-hydrogen) atoms. The highest BCUT2D eigenvalue weighted by atomic mass is 19.1. The van der Waals surface area contributed by atoms with E-state index in [1.807, 2.05) is 0 Å². The second-order valence-electron chi connectivity index (χ2n) is 6.35. The maximum absolute atomic E-state index is 13.1. The Bertz CT molecular complexity index is 363. The van der Waals surface area contributed by atoms with Gasteiger partial charge in [0.1, 0.15) is 5.83 Å². The van der Waals surface area contributed by atoms with Crippen molar-refractivity contribution in [1.29, 1.82) is 0 Å². The molecule has 2 rings (SSSR count). The topological polar surface area (TPSA) is 3.24 Å². The van der Waals surface area contributed by atoms with E-state index in [0.29, 0.717) is 5.41 Å². The third-order valence-electron chi connectivity index (χ3n) is 4.10. The SMILES string of the molecule is C=C/C(F)=C\C(=C)N1CC2C(C1)C2C(C)(C)C. The summed E-state index contributed by atoms with van der Waals surface area (Å²) in [5.41, 5.74) is 1.19. The van der Waals surface area contributed by atoms with Gasteiger partial charge in [0.25, 0.3) is 0 Å². The third-order valence-corrected chi connectivity index (χ3v) is 4.10. The number of hydrogen-bond donors (Lipinski definition) is 0. The van der Waals surface area contributed by atoms with Crippen molar-refractivity contribution >= 4 is 0 Å². The second-order valence-corrected chi connectivity index (χ2v) is 6.35. The Morgan fingerprint density at radius 2 is 1.82 bits per heavy atom. The fraction of sp³-hybridized carbons (Fsp3) is 0.600. The van der Waals surface area contributed by atoms with Crippen LogP contribution in [0.1, 0.15) is 20.8 Å². The van der Waals surface area contributed by atoms with Gasteiger partial charge in [0.2, 0.25) is 0 Å². The highest BCUT2D eigenvalue weighted by molar-refractivity contribution is 5.25. The van der Waals surface area contributed by atoms with E-state index < -0.39 is 0 Å². The molecule has 1 aliphatic heterocycles. The van der Waals surface area contributed by atoms with E-state index in [0.717, 1.165) is 36.5 Å². The zero-order valence-corrected chi connectivity index (χ0v) is 11.0. The predicted octanol–water partition coefficient (Wildman–Crippen LogP) is 3.76. The monoisotopic (exact) mass is 235 g/mol. The molecule has 2 fully saturated rings. The van der Waals surface area contributed by atoms with Crippen molar-refractivity contribution in [3.63, 3.8) is 0 Å². The molecule has 0 radical (unpaired) electrons. The van der Waals surface area contributed by atoms with Gasteiger partial charge in [-0.15, -0.1) is 0 Å². The molecule has 2 aliphatic rings.